The monoisotopic (exact) mass is 253 g/mol. The third-order valence-corrected chi connectivity index (χ3v) is 2.94. The molecule has 1 rings (SSSR count). The number of carboxylic acid groups (broad SMARTS) is 1. The third-order valence-electron chi connectivity index (χ3n) is 2.94. The van der Waals surface area contributed by atoms with Crippen molar-refractivity contribution in [2.24, 2.45) is 11.8 Å². The molecule has 98 valence electrons. The molecule has 0 aromatic rings. The average molecular weight is 253 g/mol. The molecule has 0 radical (unpaired) electrons. The lowest BCUT2D eigenvalue weighted by Crippen LogP contribution is -2.41. The third kappa shape index (κ3) is 3.61. The van der Waals surface area contributed by atoms with Crippen molar-refractivity contribution in [3.8, 4) is 0 Å². The molecule has 1 aliphatic carbocycles. The molecule has 1 N–H and O–H groups in total. The van der Waals surface area contributed by atoms with Crippen LogP contribution in [0.3, 0.4) is 0 Å². The van der Waals surface area contributed by atoms with E-state index in [4.69, 9.17) is 5.11 Å². The van der Waals surface area contributed by atoms with Crippen molar-refractivity contribution < 1.29 is 27.9 Å². The Hall–Kier alpha value is -1.27. The van der Waals surface area contributed by atoms with Crippen LogP contribution < -0.4 is 0 Å². The number of hydrogen-bond donors (Lipinski definition) is 1. The van der Waals surface area contributed by atoms with E-state index >= 15 is 0 Å². The van der Waals surface area contributed by atoms with Gasteiger partial charge in [-0.1, -0.05) is 6.42 Å². The van der Waals surface area contributed by atoms with Crippen LogP contribution in [-0.4, -0.2) is 41.7 Å². The fraction of sp³-hybridized carbons (Fsp3) is 0.800. The maximum Gasteiger partial charge on any atom is 0.406 e. The number of carbonyl (C=O) groups excluding carboxylic acids is 1. The quantitative estimate of drug-likeness (QED) is 0.829. The first-order chi connectivity index (χ1) is 7.72. The molecule has 1 amide bonds. The zero-order valence-electron chi connectivity index (χ0n) is 9.33. The van der Waals surface area contributed by atoms with Crippen LogP contribution in [0.2, 0.25) is 0 Å². The van der Waals surface area contributed by atoms with Gasteiger partial charge in [0.15, 0.2) is 0 Å². The predicted molar refractivity (Wildman–Crippen MR) is 52.2 cm³/mol. The van der Waals surface area contributed by atoms with Crippen LogP contribution >= 0.6 is 0 Å². The summed E-state index contributed by atoms with van der Waals surface area (Å²) in [4.78, 5) is 23.1. The Bertz CT molecular complexity index is 316. The Morgan fingerprint density at radius 3 is 2.29 bits per heavy atom. The van der Waals surface area contributed by atoms with E-state index < -0.39 is 36.4 Å². The van der Waals surface area contributed by atoms with E-state index in [1.54, 1.807) is 0 Å². The van der Waals surface area contributed by atoms with Crippen molar-refractivity contribution in [3.63, 3.8) is 0 Å². The van der Waals surface area contributed by atoms with Gasteiger partial charge in [0.1, 0.15) is 6.54 Å². The molecular formula is C10H14F3NO3. The van der Waals surface area contributed by atoms with Gasteiger partial charge in [-0.05, 0) is 12.8 Å². The fourth-order valence-corrected chi connectivity index (χ4v) is 2.18. The summed E-state index contributed by atoms with van der Waals surface area (Å²) in [6.07, 6.45) is -3.20. The van der Waals surface area contributed by atoms with Crippen molar-refractivity contribution in [1.29, 1.82) is 0 Å². The summed E-state index contributed by atoms with van der Waals surface area (Å²) < 4.78 is 36.3. The Kier molecular flexibility index (Phi) is 4.00. The molecule has 7 heteroatoms. The van der Waals surface area contributed by atoms with Crippen LogP contribution in [0, 0.1) is 11.8 Å². The van der Waals surface area contributed by atoms with Crippen LogP contribution in [0.25, 0.3) is 0 Å². The van der Waals surface area contributed by atoms with E-state index in [-0.39, 0.29) is 0 Å². The van der Waals surface area contributed by atoms with Gasteiger partial charge in [-0.3, -0.25) is 9.59 Å². The zero-order chi connectivity index (χ0) is 13.2. The van der Waals surface area contributed by atoms with Crippen molar-refractivity contribution >= 4 is 11.9 Å². The first-order valence-electron chi connectivity index (χ1n) is 5.27. The Balaban J connectivity index is 2.66. The lowest BCUT2D eigenvalue weighted by atomic mass is 9.95. The molecule has 0 unspecified atom stereocenters. The molecule has 0 saturated heterocycles. The number of carbonyl (C=O) groups is 2. The van der Waals surface area contributed by atoms with Crippen LogP contribution in [0.15, 0.2) is 0 Å². The molecular weight excluding hydrogens is 239 g/mol. The number of carboxylic acids is 1. The predicted octanol–water partition coefficient (Wildman–Crippen LogP) is 1.51. The van der Waals surface area contributed by atoms with E-state index in [1.807, 2.05) is 0 Å². The molecule has 0 aliphatic heterocycles. The summed E-state index contributed by atoms with van der Waals surface area (Å²) in [7, 11) is 1.05. The van der Waals surface area contributed by atoms with Crippen LogP contribution in [0.4, 0.5) is 13.2 Å². The maximum absolute atomic E-state index is 12.1. The molecule has 1 saturated carbocycles. The van der Waals surface area contributed by atoms with E-state index in [0.717, 1.165) is 7.05 Å². The molecule has 2 atom stereocenters. The molecule has 17 heavy (non-hydrogen) atoms. The zero-order valence-corrected chi connectivity index (χ0v) is 9.33. The Morgan fingerprint density at radius 2 is 1.82 bits per heavy atom. The van der Waals surface area contributed by atoms with Gasteiger partial charge in [0.25, 0.3) is 0 Å². The number of halogens is 3. The topological polar surface area (TPSA) is 57.6 Å². The minimum atomic E-state index is -4.46. The van der Waals surface area contributed by atoms with Gasteiger partial charge >= 0.3 is 12.1 Å². The van der Waals surface area contributed by atoms with Crippen molar-refractivity contribution in [2.45, 2.75) is 25.4 Å². The van der Waals surface area contributed by atoms with Gasteiger partial charge in [0.05, 0.1) is 11.8 Å². The summed E-state index contributed by atoms with van der Waals surface area (Å²) in [6, 6.07) is 0. The second-order valence-corrected chi connectivity index (χ2v) is 4.29. The second kappa shape index (κ2) is 4.93. The Morgan fingerprint density at radius 1 is 1.29 bits per heavy atom. The highest BCUT2D eigenvalue weighted by Crippen LogP contribution is 2.33. The molecule has 0 aromatic carbocycles. The van der Waals surface area contributed by atoms with Gasteiger partial charge in [-0.2, -0.15) is 13.2 Å². The van der Waals surface area contributed by atoms with Gasteiger partial charge in [0, 0.05) is 7.05 Å². The average Bonchev–Trinajstić information content (AvgIpc) is 2.61. The SMILES string of the molecule is CN(CC(F)(F)F)C(=O)[C@@H]1CCC[C@@H]1C(=O)O. The minimum Gasteiger partial charge on any atom is -0.481 e. The standard InChI is InChI=1S/C10H14F3NO3/c1-14(5-10(11,12)13)8(15)6-3-2-4-7(6)9(16)17/h6-7H,2-5H2,1H3,(H,16,17)/t6-,7+/m1/s1. The normalized spacial score (nSPS) is 24.7. The van der Waals surface area contributed by atoms with E-state index in [9.17, 15) is 22.8 Å². The first kappa shape index (κ1) is 13.8. The lowest BCUT2D eigenvalue weighted by molar-refractivity contribution is -0.163. The van der Waals surface area contributed by atoms with Crippen LogP contribution in [-0.2, 0) is 9.59 Å². The highest BCUT2D eigenvalue weighted by atomic mass is 19.4. The largest absolute Gasteiger partial charge is 0.481 e. The lowest BCUT2D eigenvalue weighted by Gasteiger charge is -2.24. The molecule has 4 nitrogen and oxygen atoms in total. The smallest absolute Gasteiger partial charge is 0.406 e. The Labute approximate surface area is 96.4 Å². The van der Waals surface area contributed by atoms with E-state index in [1.165, 1.54) is 0 Å². The molecule has 0 aromatic heterocycles. The summed E-state index contributed by atoms with van der Waals surface area (Å²) in [6.45, 7) is -1.34. The van der Waals surface area contributed by atoms with E-state index in [2.05, 4.69) is 0 Å². The molecule has 1 fully saturated rings. The van der Waals surface area contributed by atoms with Crippen LogP contribution in [0.1, 0.15) is 19.3 Å². The number of hydrogen-bond acceptors (Lipinski definition) is 2. The van der Waals surface area contributed by atoms with Gasteiger partial charge < -0.3 is 10.0 Å². The van der Waals surface area contributed by atoms with Gasteiger partial charge in [-0.25, -0.2) is 0 Å². The van der Waals surface area contributed by atoms with Crippen molar-refractivity contribution in [2.75, 3.05) is 13.6 Å². The number of amides is 1. The van der Waals surface area contributed by atoms with Gasteiger partial charge in [-0.15, -0.1) is 0 Å². The number of aliphatic carboxylic acids is 1. The minimum absolute atomic E-state index is 0.345. The fourth-order valence-electron chi connectivity index (χ4n) is 2.18. The van der Waals surface area contributed by atoms with Crippen LogP contribution in [0.5, 0.6) is 0 Å². The molecule has 0 bridgehead atoms. The molecule has 0 spiro atoms. The van der Waals surface area contributed by atoms with E-state index in [0.29, 0.717) is 24.2 Å². The highest BCUT2D eigenvalue weighted by molar-refractivity contribution is 5.85. The van der Waals surface area contributed by atoms with Gasteiger partial charge in [0.2, 0.25) is 5.91 Å². The summed E-state index contributed by atoms with van der Waals surface area (Å²) in [5.41, 5.74) is 0. The van der Waals surface area contributed by atoms with Crippen molar-refractivity contribution in [1.82, 2.24) is 4.90 Å². The first-order valence-corrected chi connectivity index (χ1v) is 5.27. The van der Waals surface area contributed by atoms with Crippen molar-refractivity contribution in [3.05, 3.63) is 0 Å². The second-order valence-electron chi connectivity index (χ2n) is 4.29. The molecule has 1 aliphatic rings. The highest BCUT2D eigenvalue weighted by Gasteiger charge is 2.41. The summed E-state index contributed by atoms with van der Waals surface area (Å²) in [5.74, 6) is -3.51. The maximum atomic E-state index is 12.1. The summed E-state index contributed by atoms with van der Waals surface area (Å²) >= 11 is 0. The number of rotatable bonds is 3. The number of nitrogens with zero attached hydrogens (tertiary/aromatic N) is 1. The summed E-state index contributed by atoms with van der Waals surface area (Å²) in [5, 5.41) is 8.85. The molecule has 0 heterocycles. The number of alkyl halides is 3.